The Kier molecular flexibility index (Phi) is 6.47. The van der Waals surface area contributed by atoms with Crippen LogP contribution in [0.3, 0.4) is 0 Å². The summed E-state index contributed by atoms with van der Waals surface area (Å²) in [4.78, 5) is 21.5. The molecular formula is C23H24N6OS2. The number of likely N-dealkylation sites (tertiary alicyclic amines) is 1. The first-order valence-electron chi connectivity index (χ1n) is 10.7. The largest absolute Gasteiger partial charge is 0.316 e. The summed E-state index contributed by atoms with van der Waals surface area (Å²) < 4.78 is 13.1. The standard InChI is InChI=1S/C23H24N6OS2/c30-32(16-17-8-3-1-4-9-17)23-25-18(15-29-12-5-2-6-13-29)14-20(28-23)27-22-26-19-10-7-11-24-21(19)31-22/h1,3-4,7-11,14H,2,5-6,12-13,15-16H2,(H,25,26,27,28). The molecule has 5 rings (SSSR count). The van der Waals surface area contributed by atoms with Crippen LogP contribution in [0.15, 0.2) is 59.9 Å². The Morgan fingerprint density at radius 1 is 1.00 bits per heavy atom. The zero-order valence-electron chi connectivity index (χ0n) is 17.6. The Labute approximate surface area is 193 Å². The maximum absolute atomic E-state index is 13.1. The topological polar surface area (TPSA) is 83.9 Å². The molecular weight excluding hydrogens is 440 g/mol. The molecule has 0 spiro atoms. The Morgan fingerprint density at radius 3 is 2.66 bits per heavy atom. The highest BCUT2D eigenvalue weighted by atomic mass is 32.2. The maximum Gasteiger partial charge on any atom is 0.221 e. The normalized spacial score (nSPS) is 15.6. The molecule has 0 bridgehead atoms. The summed E-state index contributed by atoms with van der Waals surface area (Å²) in [6.07, 6.45) is 5.46. The third-order valence-electron chi connectivity index (χ3n) is 5.34. The number of piperidine rings is 1. The van der Waals surface area contributed by atoms with E-state index in [4.69, 9.17) is 0 Å². The van der Waals surface area contributed by atoms with Crippen molar-refractivity contribution in [2.75, 3.05) is 18.4 Å². The maximum atomic E-state index is 13.1. The van der Waals surface area contributed by atoms with Crippen molar-refractivity contribution < 1.29 is 4.21 Å². The van der Waals surface area contributed by atoms with Crippen molar-refractivity contribution in [3.8, 4) is 0 Å². The molecule has 1 saturated heterocycles. The molecule has 164 valence electrons. The van der Waals surface area contributed by atoms with Crippen LogP contribution in [-0.4, -0.2) is 42.1 Å². The first-order chi connectivity index (χ1) is 15.7. The van der Waals surface area contributed by atoms with Crippen LogP contribution in [0.5, 0.6) is 0 Å². The molecule has 1 atom stereocenters. The van der Waals surface area contributed by atoms with E-state index < -0.39 is 10.8 Å². The van der Waals surface area contributed by atoms with Crippen molar-refractivity contribution in [1.29, 1.82) is 0 Å². The average Bonchev–Trinajstić information content (AvgIpc) is 3.22. The quantitative estimate of drug-likeness (QED) is 0.403. The van der Waals surface area contributed by atoms with Crippen LogP contribution in [0.4, 0.5) is 10.9 Å². The Balaban J connectivity index is 1.43. The van der Waals surface area contributed by atoms with Gasteiger partial charge in [-0.25, -0.2) is 19.9 Å². The third kappa shape index (κ3) is 5.17. The van der Waals surface area contributed by atoms with E-state index in [2.05, 4.69) is 30.2 Å². The van der Waals surface area contributed by atoms with E-state index in [1.165, 1.54) is 30.6 Å². The molecule has 1 aromatic carbocycles. The van der Waals surface area contributed by atoms with Crippen molar-refractivity contribution in [3.63, 3.8) is 0 Å². The summed E-state index contributed by atoms with van der Waals surface area (Å²) in [5.41, 5.74) is 2.72. The van der Waals surface area contributed by atoms with Gasteiger partial charge in [-0.1, -0.05) is 48.1 Å². The van der Waals surface area contributed by atoms with Crippen molar-refractivity contribution in [2.45, 2.75) is 36.7 Å². The molecule has 3 aromatic heterocycles. The Hall–Kier alpha value is -2.75. The highest BCUT2D eigenvalue weighted by molar-refractivity contribution is 7.84. The van der Waals surface area contributed by atoms with Crippen LogP contribution >= 0.6 is 11.3 Å². The molecule has 4 aromatic rings. The Bertz CT molecular complexity index is 1190. The van der Waals surface area contributed by atoms with E-state index in [9.17, 15) is 4.21 Å². The fourth-order valence-corrected chi connectivity index (χ4v) is 5.65. The molecule has 0 saturated carbocycles. The molecule has 7 nitrogen and oxygen atoms in total. The summed E-state index contributed by atoms with van der Waals surface area (Å²) in [6.45, 7) is 2.87. The lowest BCUT2D eigenvalue weighted by Crippen LogP contribution is -2.29. The van der Waals surface area contributed by atoms with Crippen LogP contribution in [-0.2, 0) is 23.1 Å². The van der Waals surface area contributed by atoms with Crippen LogP contribution in [0.1, 0.15) is 30.5 Å². The molecule has 1 aliphatic rings. The first-order valence-corrected chi connectivity index (χ1v) is 12.9. The second kappa shape index (κ2) is 9.81. The number of pyridine rings is 1. The summed E-state index contributed by atoms with van der Waals surface area (Å²) in [6, 6.07) is 15.6. The molecule has 0 aliphatic carbocycles. The van der Waals surface area contributed by atoms with Gasteiger partial charge in [-0.15, -0.1) is 0 Å². The van der Waals surface area contributed by atoms with Crippen molar-refractivity contribution in [2.24, 2.45) is 0 Å². The number of hydrogen-bond acceptors (Lipinski definition) is 8. The predicted octanol–water partition coefficient (Wildman–Crippen LogP) is 4.52. The lowest BCUT2D eigenvalue weighted by Gasteiger charge is -2.26. The monoisotopic (exact) mass is 464 g/mol. The summed E-state index contributed by atoms with van der Waals surface area (Å²) >= 11 is 1.47. The Morgan fingerprint density at radius 2 is 1.84 bits per heavy atom. The zero-order chi connectivity index (χ0) is 21.8. The molecule has 32 heavy (non-hydrogen) atoms. The van der Waals surface area contributed by atoms with Gasteiger partial charge in [0.2, 0.25) is 5.16 Å². The van der Waals surface area contributed by atoms with Crippen LogP contribution in [0.25, 0.3) is 10.3 Å². The summed E-state index contributed by atoms with van der Waals surface area (Å²) in [7, 11) is -1.34. The van der Waals surface area contributed by atoms with Gasteiger partial charge >= 0.3 is 0 Å². The first kappa shape index (κ1) is 21.1. The number of fused-ring (bicyclic) bond motifs is 1. The predicted molar refractivity (Wildman–Crippen MR) is 128 cm³/mol. The van der Waals surface area contributed by atoms with Gasteiger partial charge < -0.3 is 5.32 Å². The van der Waals surface area contributed by atoms with Gasteiger partial charge in [0.25, 0.3) is 0 Å². The average molecular weight is 465 g/mol. The van der Waals surface area contributed by atoms with Crippen molar-refractivity contribution in [3.05, 3.63) is 66.0 Å². The van der Waals surface area contributed by atoms with Crippen molar-refractivity contribution in [1.82, 2.24) is 24.8 Å². The van der Waals surface area contributed by atoms with Crippen molar-refractivity contribution >= 4 is 43.4 Å². The molecule has 4 heterocycles. The molecule has 1 unspecified atom stereocenters. The molecule has 1 aliphatic heterocycles. The number of anilines is 2. The van der Waals surface area contributed by atoms with Gasteiger partial charge in [-0.3, -0.25) is 9.11 Å². The fraction of sp³-hybridized carbons (Fsp3) is 0.304. The number of aromatic nitrogens is 4. The van der Waals surface area contributed by atoms with E-state index in [1.807, 2.05) is 48.5 Å². The molecule has 0 amide bonds. The molecule has 1 N–H and O–H groups in total. The minimum atomic E-state index is -1.34. The smallest absolute Gasteiger partial charge is 0.221 e. The van der Waals surface area contributed by atoms with Crippen LogP contribution < -0.4 is 5.32 Å². The highest BCUT2D eigenvalue weighted by Gasteiger charge is 2.17. The van der Waals surface area contributed by atoms with E-state index in [0.717, 1.165) is 41.2 Å². The van der Waals surface area contributed by atoms with Gasteiger partial charge in [0.05, 0.1) is 22.2 Å². The lowest BCUT2D eigenvalue weighted by molar-refractivity contribution is 0.218. The molecule has 9 heteroatoms. The fourth-order valence-electron chi connectivity index (χ4n) is 3.79. The highest BCUT2D eigenvalue weighted by Crippen LogP contribution is 2.27. The lowest BCUT2D eigenvalue weighted by atomic mass is 10.1. The van der Waals surface area contributed by atoms with Crippen LogP contribution in [0.2, 0.25) is 0 Å². The molecule has 0 radical (unpaired) electrons. The number of thiazole rings is 1. The SMILES string of the molecule is O=S(Cc1ccccc1)c1nc(CN2CCCCC2)cc(Nc2nc3cccnc3s2)n1. The summed E-state index contributed by atoms with van der Waals surface area (Å²) in [5.74, 6) is 1.00. The van der Waals surface area contributed by atoms with Crippen LogP contribution in [0, 0.1) is 0 Å². The minimum absolute atomic E-state index is 0.352. The summed E-state index contributed by atoms with van der Waals surface area (Å²) in [5, 5.41) is 4.35. The van der Waals surface area contributed by atoms with Gasteiger partial charge in [-0.05, 0) is 43.6 Å². The second-order valence-electron chi connectivity index (χ2n) is 7.81. The third-order valence-corrected chi connectivity index (χ3v) is 7.42. The minimum Gasteiger partial charge on any atom is -0.316 e. The van der Waals surface area contributed by atoms with E-state index in [0.29, 0.717) is 21.9 Å². The van der Waals surface area contributed by atoms with Gasteiger partial charge in [0, 0.05) is 18.8 Å². The number of rotatable bonds is 7. The second-order valence-corrected chi connectivity index (χ2v) is 10.1. The van der Waals surface area contributed by atoms with E-state index in [1.54, 1.807) is 6.20 Å². The number of hydrogen-bond donors (Lipinski definition) is 1. The number of benzene rings is 1. The number of nitrogens with one attached hydrogen (secondary N) is 1. The number of nitrogens with zero attached hydrogens (tertiary/aromatic N) is 5. The van der Waals surface area contributed by atoms with E-state index in [-0.39, 0.29) is 0 Å². The van der Waals surface area contributed by atoms with Gasteiger partial charge in [0.15, 0.2) is 5.13 Å². The van der Waals surface area contributed by atoms with E-state index >= 15 is 0 Å². The zero-order valence-corrected chi connectivity index (χ0v) is 19.2. The van der Waals surface area contributed by atoms with Gasteiger partial charge in [0.1, 0.15) is 16.2 Å². The van der Waals surface area contributed by atoms with Gasteiger partial charge in [-0.2, -0.15) is 0 Å². The molecule has 1 fully saturated rings.